The highest BCUT2D eigenvalue weighted by molar-refractivity contribution is 5.92. The van der Waals surface area contributed by atoms with E-state index in [0.717, 1.165) is 11.3 Å². The lowest BCUT2D eigenvalue weighted by Gasteiger charge is -2.09. The van der Waals surface area contributed by atoms with E-state index in [1.165, 1.54) is 5.56 Å². The maximum absolute atomic E-state index is 11.0. The number of amides is 1. The van der Waals surface area contributed by atoms with Crippen LogP contribution in [0.25, 0.3) is 0 Å². The molecule has 0 radical (unpaired) electrons. The van der Waals surface area contributed by atoms with Crippen molar-refractivity contribution in [3.8, 4) is 5.75 Å². The molecule has 0 saturated heterocycles. The molecule has 104 valence electrons. The molecule has 2 aromatic rings. The summed E-state index contributed by atoms with van der Waals surface area (Å²) in [4.78, 5) is 11.0. The van der Waals surface area contributed by atoms with Crippen molar-refractivity contribution < 1.29 is 9.53 Å². The summed E-state index contributed by atoms with van der Waals surface area (Å²) in [6.45, 7) is 4.80. The van der Waals surface area contributed by atoms with Gasteiger partial charge in [0, 0.05) is 5.56 Å². The highest BCUT2D eigenvalue weighted by Gasteiger charge is 2.02. The molecular formula is C17H19NO2. The lowest BCUT2D eigenvalue weighted by atomic mass is 10.0. The molecule has 0 fully saturated rings. The SMILES string of the molecule is CC(C)c1ccc(OCc2ccc(C(N)=O)cc2)cc1. The molecule has 3 nitrogen and oxygen atoms in total. The van der Waals surface area contributed by atoms with Crippen LogP contribution in [0, 0.1) is 0 Å². The fourth-order valence-electron chi connectivity index (χ4n) is 1.88. The number of nitrogens with two attached hydrogens (primary N) is 1. The van der Waals surface area contributed by atoms with Crippen molar-refractivity contribution in [2.75, 3.05) is 0 Å². The predicted octanol–water partition coefficient (Wildman–Crippen LogP) is 3.49. The molecule has 0 aliphatic rings. The van der Waals surface area contributed by atoms with Crippen molar-refractivity contribution >= 4 is 5.91 Å². The van der Waals surface area contributed by atoms with Crippen LogP contribution in [-0.2, 0) is 6.61 Å². The van der Waals surface area contributed by atoms with Crippen molar-refractivity contribution in [2.45, 2.75) is 26.4 Å². The van der Waals surface area contributed by atoms with E-state index >= 15 is 0 Å². The first-order chi connectivity index (χ1) is 9.56. The van der Waals surface area contributed by atoms with E-state index in [4.69, 9.17) is 10.5 Å². The largest absolute Gasteiger partial charge is 0.489 e. The first kappa shape index (κ1) is 14.1. The Labute approximate surface area is 119 Å². The third kappa shape index (κ3) is 3.60. The fourth-order valence-corrected chi connectivity index (χ4v) is 1.88. The highest BCUT2D eigenvalue weighted by atomic mass is 16.5. The van der Waals surface area contributed by atoms with Crippen LogP contribution >= 0.6 is 0 Å². The Morgan fingerprint density at radius 2 is 1.65 bits per heavy atom. The summed E-state index contributed by atoms with van der Waals surface area (Å²) in [5.41, 5.74) is 8.00. The lowest BCUT2D eigenvalue weighted by molar-refractivity contribution is 0.1000. The highest BCUT2D eigenvalue weighted by Crippen LogP contribution is 2.19. The Morgan fingerprint density at radius 1 is 1.05 bits per heavy atom. The van der Waals surface area contributed by atoms with Gasteiger partial charge in [0.05, 0.1) is 0 Å². The van der Waals surface area contributed by atoms with E-state index in [9.17, 15) is 4.79 Å². The second-order valence-corrected chi connectivity index (χ2v) is 5.07. The molecule has 20 heavy (non-hydrogen) atoms. The van der Waals surface area contributed by atoms with Crippen molar-refractivity contribution in [1.82, 2.24) is 0 Å². The van der Waals surface area contributed by atoms with Gasteiger partial charge in [-0.05, 0) is 41.3 Å². The molecule has 2 rings (SSSR count). The minimum atomic E-state index is -0.415. The van der Waals surface area contributed by atoms with Gasteiger partial charge in [-0.1, -0.05) is 38.1 Å². The standard InChI is InChI=1S/C17H19NO2/c1-12(2)14-7-9-16(10-8-14)20-11-13-3-5-15(6-4-13)17(18)19/h3-10,12H,11H2,1-2H3,(H2,18,19). The Morgan fingerprint density at radius 3 is 2.15 bits per heavy atom. The summed E-state index contributed by atoms with van der Waals surface area (Å²) in [6.07, 6.45) is 0. The smallest absolute Gasteiger partial charge is 0.248 e. The van der Waals surface area contributed by atoms with E-state index in [0.29, 0.717) is 18.1 Å². The van der Waals surface area contributed by atoms with Crippen LogP contribution in [-0.4, -0.2) is 5.91 Å². The Kier molecular flexibility index (Phi) is 4.41. The molecule has 0 aromatic heterocycles. The Bertz CT molecular complexity index is 571. The third-order valence-electron chi connectivity index (χ3n) is 3.19. The number of benzene rings is 2. The van der Waals surface area contributed by atoms with E-state index in [1.807, 2.05) is 24.3 Å². The molecule has 0 spiro atoms. The zero-order chi connectivity index (χ0) is 14.5. The number of primary amides is 1. The number of hydrogen-bond acceptors (Lipinski definition) is 2. The molecule has 0 heterocycles. The summed E-state index contributed by atoms with van der Waals surface area (Å²) in [6, 6.07) is 15.2. The number of rotatable bonds is 5. The van der Waals surface area contributed by atoms with Gasteiger partial charge in [0.2, 0.25) is 5.91 Å². The maximum atomic E-state index is 11.0. The molecule has 0 bridgehead atoms. The first-order valence-electron chi connectivity index (χ1n) is 6.68. The van der Waals surface area contributed by atoms with E-state index in [1.54, 1.807) is 12.1 Å². The molecular weight excluding hydrogens is 250 g/mol. The quantitative estimate of drug-likeness (QED) is 0.903. The van der Waals surface area contributed by atoms with E-state index in [-0.39, 0.29) is 0 Å². The second-order valence-electron chi connectivity index (χ2n) is 5.07. The van der Waals surface area contributed by atoms with Gasteiger partial charge in [0.1, 0.15) is 12.4 Å². The van der Waals surface area contributed by atoms with Crippen molar-refractivity contribution in [3.05, 3.63) is 65.2 Å². The molecule has 2 aromatic carbocycles. The number of carbonyl (C=O) groups is 1. The van der Waals surface area contributed by atoms with Crippen molar-refractivity contribution in [1.29, 1.82) is 0 Å². The molecule has 0 aliphatic heterocycles. The number of carbonyl (C=O) groups excluding carboxylic acids is 1. The van der Waals surface area contributed by atoms with Gasteiger partial charge < -0.3 is 10.5 Å². The van der Waals surface area contributed by atoms with Gasteiger partial charge in [-0.25, -0.2) is 0 Å². The predicted molar refractivity (Wildman–Crippen MR) is 79.8 cm³/mol. The van der Waals surface area contributed by atoms with Gasteiger partial charge in [-0.3, -0.25) is 4.79 Å². The van der Waals surface area contributed by atoms with E-state index in [2.05, 4.69) is 26.0 Å². The fraction of sp³-hybridized carbons (Fsp3) is 0.235. The molecule has 3 heteroatoms. The van der Waals surface area contributed by atoms with Gasteiger partial charge in [-0.2, -0.15) is 0 Å². The number of hydrogen-bond donors (Lipinski definition) is 1. The zero-order valence-corrected chi connectivity index (χ0v) is 11.8. The summed E-state index contributed by atoms with van der Waals surface area (Å²) in [7, 11) is 0. The molecule has 0 aliphatic carbocycles. The summed E-state index contributed by atoms with van der Waals surface area (Å²) < 4.78 is 5.71. The van der Waals surface area contributed by atoms with Crippen LogP contribution in [0.1, 0.15) is 41.3 Å². The minimum Gasteiger partial charge on any atom is -0.489 e. The summed E-state index contributed by atoms with van der Waals surface area (Å²) in [5, 5.41) is 0. The molecule has 0 unspecified atom stereocenters. The van der Waals surface area contributed by atoms with Crippen LogP contribution in [0.2, 0.25) is 0 Å². The second kappa shape index (κ2) is 6.24. The van der Waals surface area contributed by atoms with Crippen molar-refractivity contribution in [2.24, 2.45) is 5.73 Å². The monoisotopic (exact) mass is 269 g/mol. The van der Waals surface area contributed by atoms with Crippen LogP contribution in [0.15, 0.2) is 48.5 Å². The van der Waals surface area contributed by atoms with Crippen molar-refractivity contribution in [3.63, 3.8) is 0 Å². The lowest BCUT2D eigenvalue weighted by Crippen LogP contribution is -2.10. The van der Waals surface area contributed by atoms with Gasteiger partial charge >= 0.3 is 0 Å². The maximum Gasteiger partial charge on any atom is 0.248 e. The average Bonchev–Trinajstić information content (AvgIpc) is 2.46. The van der Waals surface area contributed by atoms with Crippen LogP contribution in [0.3, 0.4) is 0 Å². The molecule has 0 atom stereocenters. The summed E-state index contributed by atoms with van der Waals surface area (Å²) >= 11 is 0. The third-order valence-corrected chi connectivity index (χ3v) is 3.19. The van der Waals surface area contributed by atoms with Gasteiger partial charge in [0.25, 0.3) is 0 Å². The normalized spacial score (nSPS) is 10.6. The van der Waals surface area contributed by atoms with E-state index < -0.39 is 5.91 Å². The molecule has 0 saturated carbocycles. The molecule has 1 amide bonds. The topological polar surface area (TPSA) is 52.3 Å². The van der Waals surface area contributed by atoms with Gasteiger partial charge in [-0.15, -0.1) is 0 Å². The molecule has 2 N–H and O–H groups in total. The Hall–Kier alpha value is -2.29. The van der Waals surface area contributed by atoms with Crippen LogP contribution in [0.4, 0.5) is 0 Å². The van der Waals surface area contributed by atoms with Gasteiger partial charge in [0.15, 0.2) is 0 Å². The summed E-state index contributed by atoms with van der Waals surface area (Å²) in [5.74, 6) is 0.945. The number of ether oxygens (including phenoxy) is 1. The van der Waals surface area contributed by atoms with Crippen LogP contribution < -0.4 is 10.5 Å². The van der Waals surface area contributed by atoms with Crippen LogP contribution in [0.5, 0.6) is 5.75 Å². The first-order valence-corrected chi connectivity index (χ1v) is 6.68. The zero-order valence-electron chi connectivity index (χ0n) is 11.8. The minimum absolute atomic E-state index is 0.415. The average molecular weight is 269 g/mol. The Balaban J connectivity index is 1.96.